The molecule has 0 aromatic heterocycles. The van der Waals surface area contributed by atoms with Gasteiger partial charge in [0.15, 0.2) is 0 Å². The van der Waals surface area contributed by atoms with Crippen molar-refractivity contribution in [2.45, 2.75) is 37.6 Å². The molecule has 1 amide bonds. The highest BCUT2D eigenvalue weighted by Gasteiger charge is 2.15. The van der Waals surface area contributed by atoms with Gasteiger partial charge in [0.1, 0.15) is 5.82 Å². The van der Waals surface area contributed by atoms with Gasteiger partial charge in [-0.05, 0) is 24.5 Å². The molecule has 0 aliphatic carbocycles. The van der Waals surface area contributed by atoms with E-state index in [1.54, 1.807) is 18.2 Å². The Balaban J connectivity index is 2.34. The first kappa shape index (κ1) is 17.0. The van der Waals surface area contributed by atoms with Gasteiger partial charge in [0, 0.05) is 29.7 Å². The van der Waals surface area contributed by atoms with Crippen LogP contribution >= 0.6 is 11.8 Å². The Morgan fingerprint density at radius 1 is 1.40 bits per heavy atom. The van der Waals surface area contributed by atoms with Crippen molar-refractivity contribution >= 4 is 17.7 Å². The summed E-state index contributed by atoms with van der Waals surface area (Å²) in [7, 11) is 0. The number of benzene rings is 1. The van der Waals surface area contributed by atoms with E-state index in [1.165, 1.54) is 17.8 Å². The predicted molar refractivity (Wildman–Crippen MR) is 80.2 cm³/mol. The fourth-order valence-electron chi connectivity index (χ4n) is 1.81. The van der Waals surface area contributed by atoms with Gasteiger partial charge in [0.25, 0.3) is 0 Å². The van der Waals surface area contributed by atoms with Gasteiger partial charge in [-0.2, -0.15) is 0 Å². The van der Waals surface area contributed by atoms with Crippen molar-refractivity contribution in [1.29, 1.82) is 0 Å². The molecule has 1 aromatic carbocycles. The number of aliphatic hydroxyl groups excluding tert-OH is 1. The second kappa shape index (κ2) is 8.97. The minimum absolute atomic E-state index is 0.00837. The summed E-state index contributed by atoms with van der Waals surface area (Å²) < 4.78 is 13.4. The first-order valence-electron chi connectivity index (χ1n) is 6.82. The number of carbonyl (C=O) groups is 1. The molecule has 1 atom stereocenters. The topological polar surface area (TPSA) is 49.3 Å². The highest BCUT2D eigenvalue weighted by molar-refractivity contribution is 7.99. The minimum Gasteiger partial charge on any atom is -0.396 e. The van der Waals surface area contributed by atoms with Gasteiger partial charge < -0.3 is 10.4 Å². The Morgan fingerprint density at radius 3 is 2.70 bits per heavy atom. The summed E-state index contributed by atoms with van der Waals surface area (Å²) in [5.74, 6) is 0.515. The zero-order valence-corrected chi connectivity index (χ0v) is 12.8. The average molecular weight is 299 g/mol. The molecule has 3 nitrogen and oxygen atoms in total. The molecule has 0 aliphatic rings. The van der Waals surface area contributed by atoms with Crippen LogP contribution in [0.25, 0.3) is 0 Å². The summed E-state index contributed by atoms with van der Waals surface area (Å²) in [5, 5.41) is 11.9. The molecule has 0 aliphatic heterocycles. The first-order valence-corrected chi connectivity index (χ1v) is 7.80. The van der Waals surface area contributed by atoms with Crippen LogP contribution < -0.4 is 5.32 Å². The number of rotatable bonds is 8. The van der Waals surface area contributed by atoms with E-state index in [1.807, 2.05) is 13.8 Å². The molecule has 2 N–H and O–H groups in total. The Labute approximate surface area is 124 Å². The van der Waals surface area contributed by atoms with Crippen molar-refractivity contribution in [2.75, 3.05) is 12.4 Å². The summed E-state index contributed by atoms with van der Waals surface area (Å²) in [6, 6.07) is 6.54. The van der Waals surface area contributed by atoms with Gasteiger partial charge in [-0.15, -0.1) is 11.8 Å². The number of nitrogens with one attached hydrogen (secondary N) is 1. The maximum absolute atomic E-state index is 13.4. The summed E-state index contributed by atoms with van der Waals surface area (Å²) in [6.45, 7) is 4.08. The molecule has 5 heteroatoms. The molecule has 0 radical (unpaired) electrons. The van der Waals surface area contributed by atoms with Crippen molar-refractivity contribution in [3.8, 4) is 0 Å². The van der Waals surface area contributed by atoms with E-state index in [0.717, 1.165) is 0 Å². The van der Waals surface area contributed by atoms with Gasteiger partial charge in [-0.1, -0.05) is 26.0 Å². The number of amides is 1. The molecule has 0 saturated carbocycles. The van der Waals surface area contributed by atoms with Crippen molar-refractivity contribution in [3.63, 3.8) is 0 Å². The molecule has 0 fully saturated rings. The van der Waals surface area contributed by atoms with Crippen LogP contribution in [0.2, 0.25) is 0 Å². The monoisotopic (exact) mass is 299 g/mol. The highest BCUT2D eigenvalue weighted by atomic mass is 32.2. The lowest BCUT2D eigenvalue weighted by Crippen LogP contribution is -2.39. The maximum atomic E-state index is 13.4. The summed E-state index contributed by atoms with van der Waals surface area (Å²) in [5.41, 5.74) is 0. The van der Waals surface area contributed by atoms with E-state index in [-0.39, 0.29) is 30.3 Å². The maximum Gasteiger partial charge on any atom is 0.221 e. The smallest absolute Gasteiger partial charge is 0.221 e. The number of thioether (sulfide) groups is 1. The van der Waals surface area contributed by atoms with Crippen LogP contribution in [0.1, 0.15) is 26.7 Å². The fraction of sp³-hybridized carbons (Fsp3) is 0.533. The molecule has 0 heterocycles. The predicted octanol–water partition coefficient (Wildman–Crippen LogP) is 2.83. The van der Waals surface area contributed by atoms with Gasteiger partial charge >= 0.3 is 0 Å². The van der Waals surface area contributed by atoms with E-state index in [9.17, 15) is 9.18 Å². The van der Waals surface area contributed by atoms with Crippen LogP contribution in [0.15, 0.2) is 29.2 Å². The zero-order valence-electron chi connectivity index (χ0n) is 11.9. The van der Waals surface area contributed by atoms with E-state index < -0.39 is 0 Å². The van der Waals surface area contributed by atoms with Crippen LogP contribution in [-0.2, 0) is 4.79 Å². The zero-order chi connectivity index (χ0) is 15.0. The molecule has 112 valence electrons. The molecule has 1 unspecified atom stereocenters. The Kier molecular flexibility index (Phi) is 7.62. The minimum atomic E-state index is -0.252. The van der Waals surface area contributed by atoms with Gasteiger partial charge in [-0.25, -0.2) is 4.39 Å². The van der Waals surface area contributed by atoms with Crippen LogP contribution in [-0.4, -0.2) is 29.4 Å². The number of hydrogen-bond donors (Lipinski definition) is 2. The third-order valence-corrected chi connectivity index (χ3v) is 4.06. The number of carbonyl (C=O) groups excluding carboxylic acids is 1. The molecule has 0 saturated heterocycles. The molecule has 1 rings (SSSR count). The van der Waals surface area contributed by atoms with Crippen molar-refractivity contribution < 1.29 is 14.3 Å². The molecular weight excluding hydrogens is 277 g/mol. The average Bonchev–Trinajstić information content (AvgIpc) is 2.40. The second-order valence-corrected chi connectivity index (χ2v) is 6.10. The Morgan fingerprint density at radius 2 is 2.10 bits per heavy atom. The summed E-state index contributed by atoms with van der Waals surface area (Å²) >= 11 is 1.34. The standard InChI is InChI=1S/C15H22FNO2S/c1-11(2)13(7-9-18)17-15(19)8-10-20-14-6-4-3-5-12(14)16/h3-6,11,13,18H,7-10H2,1-2H3,(H,17,19). The second-order valence-electron chi connectivity index (χ2n) is 4.96. The molecule has 1 aromatic rings. The Bertz CT molecular complexity index is 426. The quantitative estimate of drug-likeness (QED) is 0.726. The van der Waals surface area contributed by atoms with Gasteiger partial charge in [0.2, 0.25) is 5.91 Å². The molecule has 0 bridgehead atoms. The van der Waals surface area contributed by atoms with Crippen LogP contribution in [0.5, 0.6) is 0 Å². The van der Waals surface area contributed by atoms with E-state index in [4.69, 9.17) is 5.11 Å². The fourth-order valence-corrected chi connectivity index (χ4v) is 2.69. The Hall–Kier alpha value is -1.07. The highest BCUT2D eigenvalue weighted by Crippen LogP contribution is 2.21. The van der Waals surface area contributed by atoms with Crippen LogP contribution in [0, 0.1) is 11.7 Å². The summed E-state index contributed by atoms with van der Waals surface area (Å²) in [6.07, 6.45) is 0.900. The largest absolute Gasteiger partial charge is 0.396 e. The van der Waals surface area contributed by atoms with Crippen LogP contribution in [0.4, 0.5) is 4.39 Å². The number of hydrogen-bond acceptors (Lipinski definition) is 3. The lowest BCUT2D eigenvalue weighted by Gasteiger charge is -2.21. The van der Waals surface area contributed by atoms with E-state index in [0.29, 0.717) is 23.5 Å². The molecular formula is C15H22FNO2S. The van der Waals surface area contributed by atoms with Crippen LogP contribution in [0.3, 0.4) is 0 Å². The first-order chi connectivity index (χ1) is 9.54. The van der Waals surface area contributed by atoms with E-state index >= 15 is 0 Å². The van der Waals surface area contributed by atoms with Crippen molar-refractivity contribution in [3.05, 3.63) is 30.1 Å². The molecule has 0 spiro atoms. The normalized spacial score (nSPS) is 12.4. The third-order valence-electron chi connectivity index (χ3n) is 3.01. The number of aliphatic hydroxyl groups is 1. The van der Waals surface area contributed by atoms with Gasteiger partial charge in [0.05, 0.1) is 0 Å². The third kappa shape index (κ3) is 5.92. The van der Waals surface area contributed by atoms with Gasteiger partial charge in [-0.3, -0.25) is 4.79 Å². The van der Waals surface area contributed by atoms with Crippen molar-refractivity contribution in [2.24, 2.45) is 5.92 Å². The lowest BCUT2D eigenvalue weighted by molar-refractivity contribution is -0.121. The summed E-state index contributed by atoms with van der Waals surface area (Å²) in [4.78, 5) is 12.4. The van der Waals surface area contributed by atoms with E-state index in [2.05, 4.69) is 5.32 Å². The lowest BCUT2D eigenvalue weighted by atomic mass is 10.0. The molecule has 20 heavy (non-hydrogen) atoms. The number of halogens is 1. The van der Waals surface area contributed by atoms with Crippen molar-refractivity contribution in [1.82, 2.24) is 5.32 Å². The SMILES string of the molecule is CC(C)C(CCO)NC(=O)CCSc1ccccc1F.